The van der Waals surface area contributed by atoms with Crippen molar-refractivity contribution in [3.8, 4) is 0 Å². The van der Waals surface area contributed by atoms with Gasteiger partial charge in [0.05, 0.1) is 5.41 Å². The van der Waals surface area contributed by atoms with Crippen molar-refractivity contribution in [3.63, 3.8) is 0 Å². The number of carbonyl (C=O) groups excluding carboxylic acids is 1. The highest BCUT2D eigenvalue weighted by Crippen LogP contribution is 2.42. The minimum absolute atomic E-state index is 0.0187. The zero-order valence-corrected chi connectivity index (χ0v) is 17.7. The van der Waals surface area contributed by atoms with Gasteiger partial charge >= 0.3 is 5.97 Å². The highest BCUT2D eigenvalue weighted by molar-refractivity contribution is 5.80. The van der Waals surface area contributed by atoms with Gasteiger partial charge in [-0.05, 0) is 29.5 Å². The lowest BCUT2D eigenvalue weighted by molar-refractivity contribution is -0.137. The van der Waals surface area contributed by atoms with E-state index in [0.29, 0.717) is 19.4 Å². The van der Waals surface area contributed by atoms with Crippen molar-refractivity contribution in [2.45, 2.75) is 37.5 Å². The molecule has 3 rings (SSSR count). The van der Waals surface area contributed by atoms with E-state index >= 15 is 0 Å². The molecule has 0 unspecified atom stereocenters. The Kier molecular flexibility index (Phi) is 7.99. The fourth-order valence-corrected chi connectivity index (χ4v) is 4.08. The van der Waals surface area contributed by atoms with Gasteiger partial charge in [-0.3, -0.25) is 9.59 Å². The summed E-state index contributed by atoms with van der Waals surface area (Å²) < 4.78 is 0. The van der Waals surface area contributed by atoms with Crippen LogP contribution in [0.3, 0.4) is 0 Å². The Labute approximate surface area is 183 Å². The standard InChI is InChI=1S/C27H29NO3/c29-25(28-20-12-4-11-19-26(30)31)21-27(22-13-5-1-6-14-22,23-15-7-2-8-16-23)24-17-9-3-10-18-24/h1-3,5-10,13-18H,4,11-12,19-21H2,(H,28,29)(H,30,31). The first kappa shape index (κ1) is 22.3. The first-order valence-corrected chi connectivity index (χ1v) is 10.8. The van der Waals surface area contributed by atoms with Crippen molar-refractivity contribution in [3.05, 3.63) is 108 Å². The van der Waals surface area contributed by atoms with Crippen LogP contribution >= 0.6 is 0 Å². The van der Waals surface area contributed by atoms with Crippen LogP contribution in [0.5, 0.6) is 0 Å². The molecule has 0 bridgehead atoms. The van der Waals surface area contributed by atoms with Gasteiger partial charge in [-0.2, -0.15) is 0 Å². The number of hydrogen-bond acceptors (Lipinski definition) is 2. The van der Waals surface area contributed by atoms with Gasteiger partial charge in [0.25, 0.3) is 0 Å². The molecule has 0 aliphatic heterocycles. The molecule has 1 amide bonds. The molecule has 31 heavy (non-hydrogen) atoms. The summed E-state index contributed by atoms with van der Waals surface area (Å²) in [6.45, 7) is 0.549. The van der Waals surface area contributed by atoms with Crippen molar-refractivity contribution < 1.29 is 14.7 Å². The summed E-state index contributed by atoms with van der Waals surface area (Å²) in [6.07, 6.45) is 2.66. The molecule has 0 radical (unpaired) electrons. The van der Waals surface area contributed by atoms with Crippen LogP contribution in [0.4, 0.5) is 0 Å². The molecule has 3 aromatic carbocycles. The predicted octanol–water partition coefficient (Wildman–Crippen LogP) is 5.17. The van der Waals surface area contributed by atoms with Gasteiger partial charge in [0.1, 0.15) is 0 Å². The van der Waals surface area contributed by atoms with Crippen LogP contribution < -0.4 is 5.32 Å². The number of benzene rings is 3. The van der Waals surface area contributed by atoms with E-state index in [-0.39, 0.29) is 12.3 Å². The zero-order chi connectivity index (χ0) is 21.9. The smallest absolute Gasteiger partial charge is 0.303 e. The van der Waals surface area contributed by atoms with E-state index in [4.69, 9.17) is 5.11 Å². The summed E-state index contributed by atoms with van der Waals surface area (Å²) in [7, 11) is 0. The van der Waals surface area contributed by atoms with Crippen LogP contribution in [0.2, 0.25) is 0 Å². The fourth-order valence-electron chi connectivity index (χ4n) is 4.08. The third kappa shape index (κ3) is 5.82. The van der Waals surface area contributed by atoms with Crippen molar-refractivity contribution in [1.29, 1.82) is 0 Å². The molecule has 2 N–H and O–H groups in total. The summed E-state index contributed by atoms with van der Waals surface area (Å²) in [5, 5.41) is 11.8. The number of carboxylic acids is 1. The lowest BCUT2D eigenvalue weighted by Crippen LogP contribution is -2.37. The largest absolute Gasteiger partial charge is 0.481 e. The average Bonchev–Trinajstić information content (AvgIpc) is 2.81. The van der Waals surface area contributed by atoms with E-state index in [1.54, 1.807) is 0 Å². The molecule has 4 nitrogen and oxygen atoms in total. The molecule has 0 spiro atoms. The zero-order valence-electron chi connectivity index (χ0n) is 17.7. The van der Waals surface area contributed by atoms with E-state index in [0.717, 1.165) is 29.5 Å². The number of unbranched alkanes of at least 4 members (excludes halogenated alkanes) is 2. The minimum atomic E-state index is -0.776. The Balaban J connectivity index is 1.86. The Morgan fingerprint density at radius 2 is 1.13 bits per heavy atom. The SMILES string of the molecule is O=C(O)CCCCCNC(=O)CC(c1ccccc1)(c1ccccc1)c1ccccc1. The van der Waals surface area contributed by atoms with Gasteiger partial charge in [-0.15, -0.1) is 0 Å². The molecule has 0 saturated carbocycles. The molecule has 0 aromatic heterocycles. The Hall–Kier alpha value is -3.40. The second kappa shape index (κ2) is 11.1. The van der Waals surface area contributed by atoms with Gasteiger partial charge in [0, 0.05) is 19.4 Å². The average molecular weight is 416 g/mol. The van der Waals surface area contributed by atoms with Crippen molar-refractivity contribution in [2.24, 2.45) is 0 Å². The molecule has 0 atom stereocenters. The number of aliphatic carboxylic acids is 1. The maximum atomic E-state index is 13.1. The maximum Gasteiger partial charge on any atom is 0.303 e. The summed E-state index contributed by atoms with van der Waals surface area (Å²) >= 11 is 0. The molecule has 3 aromatic rings. The van der Waals surface area contributed by atoms with Gasteiger partial charge in [-0.1, -0.05) is 97.4 Å². The van der Waals surface area contributed by atoms with Crippen LogP contribution in [0, 0.1) is 0 Å². The van der Waals surface area contributed by atoms with Crippen LogP contribution in [-0.4, -0.2) is 23.5 Å². The Morgan fingerprint density at radius 1 is 0.677 bits per heavy atom. The first-order valence-electron chi connectivity index (χ1n) is 10.8. The molecule has 160 valence electrons. The van der Waals surface area contributed by atoms with Crippen LogP contribution in [0.25, 0.3) is 0 Å². The summed E-state index contributed by atoms with van der Waals surface area (Å²) in [4.78, 5) is 23.7. The molecule has 4 heteroatoms. The second-order valence-electron chi connectivity index (χ2n) is 7.73. The lowest BCUT2D eigenvalue weighted by atomic mass is 9.67. The number of hydrogen-bond donors (Lipinski definition) is 2. The third-order valence-corrected chi connectivity index (χ3v) is 5.62. The van der Waals surface area contributed by atoms with Crippen molar-refractivity contribution in [2.75, 3.05) is 6.54 Å². The second-order valence-corrected chi connectivity index (χ2v) is 7.73. The molecule has 0 fully saturated rings. The van der Waals surface area contributed by atoms with Gasteiger partial charge in [-0.25, -0.2) is 0 Å². The molecule has 0 aliphatic rings. The number of nitrogens with one attached hydrogen (secondary N) is 1. The summed E-state index contributed by atoms with van der Waals surface area (Å²) in [5.74, 6) is -0.794. The molecule has 0 aliphatic carbocycles. The number of carboxylic acid groups (broad SMARTS) is 1. The predicted molar refractivity (Wildman–Crippen MR) is 123 cm³/mol. The quantitative estimate of drug-likeness (QED) is 0.335. The van der Waals surface area contributed by atoms with E-state index in [2.05, 4.69) is 41.7 Å². The van der Waals surface area contributed by atoms with Crippen molar-refractivity contribution in [1.82, 2.24) is 5.32 Å². The number of amides is 1. The van der Waals surface area contributed by atoms with Crippen LogP contribution in [0.15, 0.2) is 91.0 Å². The molecule has 0 saturated heterocycles. The van der Waals surface area contributed by atoms with E-state index in [1.165, 1.54) is 0 Å². The lowest BCUT2D eigenvalue weighted by Gasteiger charge is -2.35. The highest BCUT2D eigenvalue weighted by atomic mass is 16.4. The highest BCUT2D eigenvalue weighted by Gasteiger charge is 2.38. The van der Waals surface area contributed by atoms with Gasteiger partial charge in [0.15, 0.2) is 0 Å². The van der Waals surface area contributed by atoms with Crippen LogP contribution in [0.1, 0.15) is 48.8 Å². The van der Waals surface area contributed by atoms with Crippen molar-refractivity contribution >= 4 is 11.9 Å². The summed E-state index contributed by atoms with van der Waals surface area (Å²) in [5.41, 5.74) is 2.62. The van der Waals surface area contributed by atoms with E-state index in [9.17, 15) is 9.59 Å². The number of rotatable bonds is 11. The van der Waals surface area contributed by atoms with Crippen LogP contribution in [-0.2, 0) is 15.0 Å². The molecular formula is C27H29NO3. The third-order valence-electron chi connectivity index (χ3n) is 5.62. The topological polar surface area (TPSA) is 66.4 Å². The fraction of sp³-hybridized carbons (Fsp3) is 0.259. The minimum Gasteiger partial charge on any atom is -0.481 e. The molecular weight excluding hydrogens is 386 g/mol. The Bertz CT molecular complexity index is 859. The van der Waals surface area contributed by atoms with Gasteiger partial charge in [0.2, 0.25) is 5.91 Å². The first-order chi connectivity index (χ1) is 15.1. The normalized spacial score (nSPS) is 11.1. The van der Waals surface area contributed by atoms with Gasteiger partial charge < -0.3 is 10.4 Å². The monoisotopic (exact) mass is 415 g/mol. The Morgan fingerprint density at radius 3 is 1.55 bits per heavy atom. The summed E-state index contributed by atoms with van der Waals surface area (Å²) in [6, 6.07) is 30.5. The van der Waals surface area contributed by atoms with E-state index < -0.39 is 11.4 Å². The maximum absolute atomic E-state index is 13.1. The number of carbonyl (C=O) groups is 2. The van der Waals surface area contributed by atoms with E-state index in [1.807, 2.05) is 54.6 Å². The molecule has 0 heterocycles.